The summed E-state index contributed by atoms with van der Waals surface area (Å²) < 4.78 is 2.42. The molecule has 0 aliphatic carbocycles. The number of Topliss-reactive ketones (excluding diaryl/α,β-unsaturated/α-hetero) is 1. The lowest BCUT2D eigenvalue weighted by molar-refractivity contribution is 0.0990. The Bertz CT molecular complexity index is 631. The summed E-state index contributed by atoms with van der Waals surface area (Å²) in [6, 6.07) is 5.15. The summed E-state index contributed by atoms with van der Waals surface area (Å²) in [6.07, 6.45) is 0.200. The van der Waals surface area contributed by atoms with Gasteiger partial charge in [-0.3, -0.25) is 9.48 Å². The number of hydrogen-bond donors (Lipinski definition) is 1. The molecule has 2 aromatic rings. The van der Waals surface area contributed by atoms with Crippen LogP contribution in [0.15, 0.2) is 22.7 Å². The van der Waals surface area contributed by atoms with E-state index in [1.807, 2.05) is 6.92 Å². The van der Waals surface area contributed by atoms with Crippen LogP contribution in [0.2, 0.25) is 5.02 Å². The third-order valence-electron chi connectivity index (χ3n) is 2.83. The summed E-state index contributed by atoms with van der Waals surface area (Å²) in [6.45, 7) is 1.81. The lowest BCUT2D eigenvalue weighted by Crippen LogP contribution is -2.08. The van der Waals surface area contributed by atoms with Gasteiger partial charge in [-0.1, -0.05) is 27.5 Å². The van der Waals surface area contributed by atoms with Crippen molar-refractivity contribution in [2.75, 3.05) is 5.73 Å². The molecular weight excluding hydrogens is 330 g/mol. The van der Waals surface area contributed by atoms with Gasteiger partial charge in [0.2, 0.25) is 0 Å². The van der Waals surface area contributed by atoms with Crippen molar-refractivity contribution in [1.29, 1.82) is 0 Å². The number of aryl methyl sites for hydroxylation is 2. The highest BCUT2D eigenvalue weighted by Crippen LogP contribution is 2.23. The lowest BCUT2D eigenvalue weighted by Gasteiger charge is -2.05. The Morgan fingerprint density at radius 3 is 2.68 bits per heavy atom. The topological polar surface area (TPSA) is 60.9 Å². The van der Waals surface area contributed by atoms with Crippen molar-refractivity contribution < 1.29 is 4.79 Å². The zero-order chi connectivity index (χ0) is 14.2. The van der Waals surface area contributed by atoms with Crippen molar-refractivity contribution in [3.8, 4) is 0 Å². The van der Waals surface area contributed by atoms with Crippen LogP contribution in [0.25, 0.3) is 0 Å². The van der Waals surface area contributed by atoms with Crippen LogP contribution >= 0.6 is 27.5 Å². The average Bonchev–Trinajstić information content (AvgIpc) is 2.54. The summed E-state index contributed by atoms with van der Waals surface area (Å²) in [5, 5.41) is 4.73. The zero-order valence-electron chi connectivity index (χ0n) is 10.6. The molecule has 0 fully saturated rings. The van der Waals surface area contributed by atoms with Crippen molar-refractivity contribution in [1.82, 2.24) is 9.78 Å². The van der Waals surface area contributed by atoms with E-state index in [1.54, 1.807) is 29.9 Å². The van der Waals surface area contributed by atoms with Gasteiger partial charge in [-0.2, -0.15) is 5.10 Å². The first kappa shape index (κ1) is 14.1. The molecule has 0 saturated heterocycles. The van der Waals surface area contributed by atoms with Crippen LogP contribution < -0.4 is 5.73 Å². The summed E-state index contributed by atoms with van der Waals surface area (Å²) in [4.78, 5) is 12.3. The molecule has 2 rings (SSSR count). The van der Waals surface area contributed by atoms with Crippen LogP contribution in [-0.2, 0) is 13.5 Å². The highest BCUT2D eigenvalue weighted by atomic mass is 79.9. The smallest absolute Gasteiger partial charge is 0.168 e. The van der Waals surface area contributed by atoms with E-state index in [0.717, 1.165) is 10.2 Å². The SMILES string of the molecule is Cc1nn(C)c(CC(=O)c2cc(N)cc(Br)c2)c1Cl. The Morgan fingerprint density at radius 1 is 1.47 bits per heavy atom. The second kappa shape index (κ2) is 5.35. The second-order valence-corrected chi connectivity index (χ2v) is 5.64. The van der Waals surface area contributed by atoms with Gasteiger partial charge in [-0.25, -0.2) is 0 Å². The van der Waals surface area contributed by atoms with Crippen LogP contribution in [-0.4, -0.2) is 15.6 Å². The van der Waals surface area contributed by atoms with Crippen molar-refractivity contribution in [3.63, 3.8) is 0 Å². The third-order valence-corrected chi connectivity index (χ3v) is 3.78. The molecule has 1 aromatic heterocycles. The Hall–Kier alpha value is -1.33. The quantitative estimate of drug-likeness (QED) is 0.688. The molecule has 0 amide bonds. The van der Waals surface area contributed by atoms with Gasteiger partial charge >= 0.3 is 0 Å². The van der Waals surface area contributed by atoms with E-state index in [0.29, 0.717) is 22.0 Å². The fraction of sp³-hybridized carbons (Fsp3) is 0.231. The largest absolute Gasteiger partial charge is 0.399 e. The Morgan fingerprint density at radius 2 is 2.16 bits per heavy atom. The number of aromatic nitrogens is 2. The summed E-state index contributed by atoms with van der Waals surface area (Å²) >= 11 is 9.46. The standard InChI is InChI=1S/C13H13BrClN3O/c1-7-13(15)11(18(2)17-7)6-12(19)8-3-9(14)5-10(16)4-8/h3-5H,6,16H2,1-2H3. The van der Waals surface area contributed by atoms with Gasteiger partial charge in [0.15, 0.2) is 5.78 Å². The Kier molecular flexibility index (Phi) is 3.96. The van der Waals surface area contributed by atoms with E-state index in [1.165, 1.54) is 0 Å². The van der Waals surface area contributed by atoms with Gasteiger partial charge in [0.25, 0.3) is 0 Å². The normalized spacial score (nSPS) is 10.7. The summed E-state index contributed by atoms with van der Waals surface area (Å²) in [5.41, 5.74) is 8.27. The van der Waals surface area contributed by atoms with Crippen molar-refractivity contribution in [2.45, 2.75) is 13.3 Å². The van der Waals surface area contributed by atoms with E-state index in [9.17, 15) is 4.79 Å². The van der Waals surface area contributed by atoms with Crippen molar-refractivity contribution in [2.24, 2.45) is 7.05 Å². The Balaban J connectivity index is 2.30. The number of rotatable bonds is 3. The van der Waals surface area contributed by atoms with E-state index < -0.39 is 0 Å². The molecule has 6 heteroatoms. The molecular formula is C13H13BrClN3O. The lowest BCUT2D eigenvalue weighted by atomic mass is 10.1. The number of anilines is 1. The van der Waals surface area contributed by atoms with Crippen molar-refractivity contribution in [3.05, 3.63) is 44.6 Å². The second-order valence-electron chi connectivity index (χ2n) is 4.34. The molecule has 2 N–H and O–H groups in total. The van der Waals surface area contributed by atoms with Crippen LogP contribution in [0.5, 0.6) is 0 Å². The minimum atomic E-state index is -0.0436. The van der Waals surface area contributed by atoms with E-state index in [4.69, 9.17) is 17.3 Å². The number of hydrogen-bond acceptors (Lipinski definition) is 3. The van der Waals surface area contributed by atoms with Crippen molar-refractivity contribution >= 4 is 39.0 Å². The minimum absolute atomic E-state index is 0.0436. The fourth-order valence-corrected chi connectivity index (χ4v) is 2.64. The maximum absolute atomic E-state index is 12.3. The number of benzene rings is 1. The number of carbonyl (C=O) groups excluding carboxylic acids is 1. The van der Waals surface area contributed by atoms with Crippen LogP contribution in [0.4, 0.5) is 5.69 Å². The molecule has 0 bridgehead atoms. The summed E-state index contributed by atoms with van der Waals surface area (Å²) in [5.74, 6) is -0.0436. The van der Waals surface area contributed by atoms with Gasteiger partial charge in [0.05, 0.1) is 22.8 Å². The first-order valence-corrected chi connectivity index (χ1v) is 6.83. The highest BCUT2D eigenvalue weighted by molar-refractivity contribution is 9.10. The predicted molar refractivity (Wildman–Crippen MR) is 79.5 cm³/mol. The van der Waals surface area contributed by atoms with Gasteiger partial charge in [-0.15, -0.1) is 0 Å². The molecule has 0 saturated carbocycles. The third kappa shape index (κ3) is 2.98. The molecule has 0 aliphatic rings. The molecule has 0 spiro atoms. The fourth-order valence-electron chi connectivity index (χ4n) is 1.90. The number of nitrogens with two attached hydrogens (primary N) is 1. The summed E-state index contributed by atoms with van der Waals surface area (Å²) in [7, 11) is 1.77. The van der Waals surface area contributed by atoms with E-state index >= 15 is 0 Å². The number of nitrogen functional groups attached to an aromatic ring is 1. The molecule has 0 aliphatic heterocycles. The minimum Gasteiger partial charge on any atom is -0.399 e. The molecule has 0 unspecified atom stereocenters. The van der Waals surface area contributed by atoms with Crippen LogP contribution in [0, 0.1) is 6.92 Å². The molecule has 0 atom stereocenters. The Labute approximate surface area is 124 Å². The first-order valence-electron chi connectivity index (χ1n) is 5.65. The molecule has 4 nitrogen and oxygen atoms in total. The van der Waals surface area contributed by atoms with Crippen LogP contribution in [0.1, 0.15) is 21.7 Å². The van der Waals surface area contributed by atoms with Gasteiger partial charge in [-0.05, 0) is 25.1 Å². The maximum Gasteiger partial charge on any atom is 0.168 e. The monoisotopic (exact) mass is 341 g/mol. The molecule has 19 heavy (non-hydrogen) atoms. The maximum atomic E-state index is 12.3. The van der Waals surface area contributed by atoms with Gasteiger partial charge < -0.3 is 5.73 Å². The van der Waals surface area contributed by atoms with Crippen LogP contribution in [0.3, 0.4) is 0 Å². The number of ketones is 1. The number of carbonyl (C=O) groups is 1. The first-order chi connectivity index (χ1) is 8.88. The predicted octanol–water partition coefficient (Wildman–Crippen LogP) is 3.15. The van der Waals surface area contributed by atoms with Gasteiger partial charge in [0.1, 0.15) is 0 Å². The number of nitrogens with zero attached hydrogens (tertiary/aromatic N) is 2. The van der Waals surface area contributed by atoms with Gasteiger partial charge in [0, 0.05) is 22.8 Å². The zero-order valence-corrected chi connectivity index (χ0v) is 12.9. The molecule has 1 aromatic carbocycles. The molecule has 100 valence electrons. The van der Waals surface area contributed by atoms with E-state index in [2.05, 4.69) is 21.0 Å². The molecule has 0 radical (unpaired) electrons. The van der Waals surface area contributed by atoms with E-state index in [-0.39, 0.29) is 12.2 Å². The average molecular weight is 343 g/mol. The highest BCUT2D eigenvalue weighted by Gasteiger charge is 2.16. The molecule has 1 heterocycles. The number of halogens is 2.